The van der Waals surface area contributed by atoms with E-state index < -0.39 is 6.17 Å². The van der Waals surface area contributed by atoms with E-state index in [0.717, 1.165) is 16.5 Å². The summed E-state index contributed by atoms with van der Waals surface area (Å²) in [6.07, 6.45) is -0.463. The van der Waals surface area contributed by atoms with Gasteiger partial charge in [0.05, 0.1) is 0 Å². The standard InChI is InChI=1S/C18H17N3/c19-17(14-7-2-1-3-8-14)21-18(20)16-11-10-13-6-4-5-9-15(13)12-16/h1-12,18H,20H2,(H2,19,21). The Kier molecular flexibility index (Phi) is 3.67. The van der Waals surface area contributed by atoms with Crippen LogP contribution in [0.2, 0.25) is 0 Å². The van der Waals surface area contributed by atoms with Gasteiger partial charge in [-0.15, -0.1) is 0 Å². The molecule has 3 nitrogen and oxygen atoms in total. The lowest BCUT2D eigenvalue weighted by molar-refractivity contribution is 0.776. The molecular formula is C18H17N3. The minimum absolute atomic E-state index is 0.455. The second kappa shape index (κ2) is 5.77. The van der Waals surface area contributed by atoms with Crippen LogP contribution in [-0.2, 0) is 0 Å². The Bertz CT molecular complexity index is 779. The molecule has 3 heteroatoms. The van der Waals surface area contributed by atoms with Crippen molar-refractivity contribution in [3.63, 3.8) is 0 Å². The maximum atomic E-state index is 6.16. The fraction of sp³-hybridized carbons (Fsp3) is 0.0556. The molecule has 3 aromatic carbocycles. The van der Waals surface area contributed by atoms with Crippen LogP contribution in [0.15, 0.2) is 77.8 Å². The van der Waals surface area contributed by atoms with E-state index in [-0.39, 0.29) is 0 Å². The van der Waals surface area contributed by atoms with Gasteiger partial charge in [-0.25, -0.2) is 4.99 Å². The number of nitrogens with two attached hydrogens (primary N) is 2. The van der Waals surface area contributed by atoms with Gasteiger partial charge in [0.1, 0.15) is 12.0 Å². The quantitative estimate of drug-likeness (QED) is 0.569. The van der Waals surface area contributed by atoms with Gasteiger partial charge in [0.2, 0.25) is 0 Å². The Morgan fingerprint density at radius 2 is 1.48 bits per heavy atom. The molecule has 3 rings (SSSR count). The van der Waals surface area contributed by atoms with Gasteiger partial charge >= 0.3 is 0 Å². The zero-order valence-electron chi connectivity index (χ0n) is 11.6. The molecule has 1 atom stereocenters. The normalized spacial score (nSPS) is 13.3. The van der Waals surface area contributed by atoms with E-state index in [1.54, 1.807) is 0 Å². The van der Waals surface area contributed by atoms with E-state index in [1.807, 2.05) is 48.5 Å². The summed E-state index contributed by atoms with van der Waals surface area (Å²) in [7, 11) is 0. The molecule has 0 heterocycles. The number of amidine groups is 1. The summed E-state index contributed by atoms with van der Waals surface area (Å²) >= 11 is 0. The lowest BCUT2D eigenvalue weighted by atomic mass is 10.1. The second-order valence-electron chi connectivity index (χ2n) is 4.93. The van der Waals surface area contributed by atoms with Crippen molar-refractivity contribution in [1.82, 2.24) is 0 Å². The molecule has 0 amide bonds. The second-order valence-corrected chi connectivity index (χ2v) is 4.93. The number of fused-ring (bicyclic) bond motifs is 1. The lowest BCUT2D eigenvalue weighted by Crippen LogP contribution is -2.18. The molecule has 104 valence electrons. The van der Waals surface area contributed by atoms with Gasteiger partial charge in [-0.2, -0.15) is 0 Å². The summed E-state index contributed by atoms with van der Waals surface area (Å²) in [5, 5.41) is 2.34. The van der Waals surface area contributed by atoms with Crippen molar-refractivity contribution in [3.05, 3.63) is 83.9 Å². The van der Waals surface area contributed by atoms with E-state index in [2.05, 4.69) is 29.3 Å². The van der Waals surface area contributed by atoms with Crippen LogP contribution >= 0.6 is 0 Å². The molecule has 0 radical (unpaired) electrons. The van der Waals surface area contributed by atoms with E-state index >= 15 is 0 Å². The molecule has 4 N–H and O–H groups in total. The maximum absolute atomic E-state index is 6.16. The predicted molar refractivity (Wildman–Crippen MR) is 88.0 cm³/mol. The Morgan fingerprint density at radius 1 is 0.810 bits per heavy atom. The molecule has 0 saturated carbocycles. The van der Waals surface area contributed by atoms with E-state index in [9.17, 15) is 0 Å². The first-order valence-electron chi connectivity index (χ1n) is 6.87. The van der Waals surface area contributed by atoms with Crippen LogP contribution < -0.4 is 11.5 Å². The van der Waals surface area contributed by atoms with Crippen LogP contribution in [0.1, 0.15) is 17.3 Å². The highest BCUT2D eigenvalue weighted by Crippen LogP contribution is 2.20. The zero-order chi connectivity index (χ0) is 14.7. The van der Waals surface area contributed by atoms with Crippen LogP contribution in [0.5, 0.6) is 0 Å². The van der Waals surface area contributed by atoms with Gasteiger partial charge in [0.25, 0.3) is 0 Å². The third-order valence-corrected chi connectivity index (χ3v) is 3.46. The number of nitrogens with zero attached hydrogens (tertiary/aromatic N) is 1. The van der Waals surface area contributed by atoms with Gasteiger partial charge in [-0.3, -0.25) is 0 Å². The molecule has 0 bridgehead atoms. The Morgan fingerprint density at radius 3 is 2.24 bits per heavy atom. The number of aliphatic imine (C=N–C) groups is 1. The largest absolute Gasteiger partial charge is 0.383 e. The molecule has 0 aliphatic heterocycles. The molecule has 0 aromatic heterocycles. The van der Waals surface area contributed by atoms with Gasteiger partial charge in [-0.05, 0) is 22.4 Å². The molecule has 0 aliphatic rings. The summed E-state index contributed by atoms with van der Waals surface area (Å²) in [5.74, 6) is 0.455. The topological polar surface area (TPSA) is 64.4 Å². The first-order chi connectivity index (χ1) is 10.2. The summed E-state index contributed by atoms with van der Waals surface area (Å²) in [6, 6.07) is 23.9. The third-order valence-electron chi connectivity index (χ3n) is 3.46. The monoisotopic (exact) mass is 275 g/mol. The SMILES string of the molecule is N/C(=N\C(N)c1ccc2ccccc2c1)c1ccccc1. The summed E-state index contributed by atoms with van der Waals surface area (Å²) in [6.45, 7) is 0. The molecule has 3 aromatic rings. The molecular weight excluding hydrogens is 258 g/mol. The van der Waals surface area contributed by atoms with E-state index in [4.69, 9.17) is 11.5 Å². The van der Waals surface area contributed by atoms with Crippen molar-refractivity contribution in [2.45, 2.75) is 6.17 Å². The van der Waals surface area contributed by atoms with Crippen molar-refractivity contribution in [2.24, 2.45) is 16.5 Å². The minimum Gasteiger partial charge on any atom is -0.383 e. The van der Waals surface area contributed by atoms with E-state index in [1.165, 1.54) is 5.39 Å². The summed E-state index contributed by atoms with van der Waals surface area (Å²) in [4.78, 5) is 4.40. The van der Waals surface area contributed by atoms with Crippen molar-refractivity contribution in [1.29, 1.82) is 0 Å². The third kappa shape index (κ3) is 2.93. The molecule has 0 saturated heterocycles. The molecule has 21 heavy (non-hydrogen) atoms. The van der Waals surface area contributed by atoms with Crippen LogP contribution in [0.4, 0.5) is 0 Å². The molecule has 0 fully saturated rings. The van der Waals surface area contributed by atoms with Gasteiger partial charge in [0.15, 0.2) is 0 Å². The summed E-state index contributed by atoms with van der Waals surface area (Å²) in [5.41, 5.74) is 14.0. The zero-order valence-corrected chi connectivity index (χ0v) is 11.6. The highest BCUT2D eigenvalue weighted by atomic mass is 15.0. The van der Waals surface area contributed by atoms with E-state index in [0.29, 0.717) is 5.84 Å². The smallest absolute Gasteiger partial charge is 0.127 e. The average molecular weight is 275 g/mol. The molecule has 1 unspecified atom stereocenters. The fourth-order valence-corrected chi connectivity index (χ4v) is 2.30. The predicted octanol–water partition coefficient (Wildman–Crippen LogP) is 3.20. The Hall–Kier alpha value is -2.65. The van der Waals surface area contributed by atoms with Gasteiger partial charge in [-0.1, -0.05) is 66.7 Å². The highest BCUT2D eigenvalue weighted by molar-refractivity contribution is 5.97. The molecule has 0 spiro atoms. The Balaban J connectivity index is 1.91. The van der Waals surface area contributed by atoms with Crippen LogP contribution in [0, 0.1) is 0 Å². The Labute approximate surface area is 123 Å². The number of hydrogen-bond donors (Lipinski definition) is 2. The number of benzene rings is 3. The first kappa shape index (κ1) is 13.3. The molecule has 0 aliphatic carbocycles. The van der Waals surface area contributed by atoms with Crippen molar-refractivity contribution < 1.29 is 0 Å². The maximum Gasteiger partial charge on any atom is 0.127 e. The number of hydrogen-bond acceptors (Lipinski definition) is 2. The van der Waals surface area contributed by atoms with Crippen LogP contribution in [0.3, 0.4) is 0 Å². The van der Waals surface area contributed by atoms with Crippen LogP contribution in [0.25, 0.3) is 10.8 Å². The van der Waals surface area contributed by atoms with Gasteiger partial charge in [0, 0.05) is 5.56 Å². The number of rotatable bonds is 3. The highest BCUT2D eigenvalue weighted by Gasteiger charge is 2.06. The fourth-order valence-electron chi connectivity index (χ4n) is 2.30. The van der Waals surface area contributed by atoms with Crippen molar-refractivity contribution >= 4 is 16.6 Å². The summed E-state index contributed by atoms with van der Waals surface area (Å²) < 4.78 is 0. The van der Waals surface area contributed by atoms with Crippen molar-refractivity contribution in [2.75, 3.05) is 0 Å². The lowest BCUT2D eigenvalue weighted by Gasteiger charge is -2.10. The van der Waals surface area contributed by atoms with Gasteiger partial charge < -0.3 is 11.5 Å². The average Bonchev–Trinajstić information content (AvgIpc) is 2.55. The first-order valence-corrected chi connectivity index (χ1v) is 6.87. The van der Waals surface area contributed by atoms with Crippen molar-refractivity contribution in [3.8, 4) is 0 Å². The van der Waals surface area contributed by atoms with Crippen LogP contribution in [-0.4, -0.2) is 5.84 Å². The minimum atomic E-state index is -0.463.